The molecule has 1 saturated heterocycles. The monoisotopic (exact) mass is 506 g/mol. The quantitative estimate of drug-likeness (QED) is 0.393. The van der Waals surface area contributed by atoms with Crippen LogP contribution < -0.4 is 5.32 Å². The van der Waals surface area contributed by atoms with E-state index < -0.39 is 6.04 Å². The first-order valence-corrected chi connectivity index (χ1v) is 12.4. The van der Waals surface area contributed by atoms with Gasteiger partial charge in [0.25, 0.3) is 0 Å². The molecule has 2 amide bonds. The Labute approximate surface area is 219 Å². The summed E-state index contributed by atoms with van der Waals surface area (Å²) in [5.74, 6) is -0.277. The molecule has 0 unspecified atom stereocenters. The van der Waals surface area contributed by atoms with Crippen molar-refractivity contribution in [2.45, 2.75) is 39.3 Å². The number of aryl methyl sites for hydroxylation is 1. The van der Waals surface area contributed by atoms with E-state index in [-0.39, 0.29) is 29.8 Å². The van der Waals surface area contributed by atoms with Crippen LogP contribution in [0.15, 0.2) is 60.7 Å². The Hall–Kier alpha value is -4.84. The summed E-state index contributed by atoms with van der Waals surface area (Å²) in [6.45, 7) is 3.66. The van der Waals surface area contributed by atoms with Gasteiger partial charge in [-0.05, 0) is 67.3 Å². The second-order valence-electron chi connectivity index (χ2n) is 9.39. The predicted molar refractivity (Wildman–Crippen MR) is 142 cm³/mol. The molecule has 1 atom stereocenters. The number of hydrogen-bond acceptors (Lipinski definition) is 6. The number of carbonyl (C=O) groups excluding carboxylic acids is 3. The van der Waals surface area contributed by atoms with Crippen LogP contribution in [-0.2, 0) is 16.1 Å². The van der Waals surface area contributed by atoms with Crippen LogP contribution in [0.4, 0.5) is 5.82 Å². The van der Waals surface area contributed by atoms with E-state index in [9.17, 15) is 19.6 Å². The van der Waals surface area contributed by atoms with Gasteiger partial charge in [0.2, 0.25) is 11.8 Å². The summed E-state index contributed by atoms with van der Waals surface area (Å²) >= 11 is 0. The highest BCUT2D eigenvalue weighted by molar-refractivity contribution is 6.06. The summed E-state index contributed by atoms with van der Waals surface area (Å²) in [6, 6.07) is 19.7. The molecule has 4 aromatic rings. The van der Waals surface area contributed by atoms with Crippen LogP contribution in [0.3, 0.4) is 0 Å². The van der Waals surface area contributed by atoms with E-state index in [2.05, 4.69) is 21.5 Å². The Balaban J connectivity index is 1.40. The first kappa shape index (κ1) is 24.8. The van der Waals surface area contributed by atoms with Crippen LogP contribution in [0.2, 0.25) is 0 Å². The lowest BCUT2D eigenvalue weighted by Crippen LogP contribution is -2.44. The first-order chi connectivity index (χ1) is 18.3. The van der Waals surface area contributed by atoms with Crippen molar-refractivity contribution >= 4 is 34.3 Å². The Kier molecular flexibility index (Phi) is 6.71. The number of amides is 2. The maximum absolute atomic E-state index is 13.4. The number of nitrogens with one attached hydrogen (secondary N) is 1. The maximum Gasteiger partial charge on any atom is 0.248 e. The molecular formula is C29H26N6O3. The smallest absolute Gasteiger partial charge is 0.248 e. The Morgan fingerprint density at radius 3 is 2.63 bits per heavy atom. The average molecular weight is 507 g/mol. The molecule has 1 aliphatic rings. The highest BCUT2D eigenvalue weighted by Crippen LogP contribution is 2.28. The van der Waals surface area contributed by atoms with Gasteiger partial charge in [0.1, 0.15) is 24.1 Å². The topological polar surface area (TPSA) is 121 Å². The summed E-state index contributed by atoms with van der Waals surface area (Å²) < 4.78 is 1.53. The fourth-order valence-corrected chi connectivity index (χ4v) is 4.89. The number of anilines is 1. The van der Waals surface area contributed by atoms with E-state index in [0.29, 0.717) is 35.2 Å². The van der Waals surface area contributed by atoms with Gasteiger partial charge in [-0.2, -0.15) is 10.4 Å². The average Bonchev–Trinajstić information content (AvgIpc) is 3.54. The highest BCUT2D eigenvalue weighted by atomic mass is 16.2. The van der Waals surface area contributed by atoms with E-state index in [0.717, 1.165) is 23.2 Å². The van der Waals surface area contributed by atoms with E-state index in [1.165, 1.54) is 11.6 Å². The van der Waals surface area contributed by atoms with Gasteiger partial charge >= 0.3 is 0 Å². The zero-order valence-electron chi connectivity index (χ0n) is 21.1. The summed E-state index contributed by atoms with van der Waals surface area (Å²) in [6.07, 6.45) is 1.28. The third kappa shape index (κ3) is 4.89. The summed E-state index contributed by atoms with van der Waals surface area (Å²) in [5, 5.41) is 17.2. The van der Waals surface area contributed by atoms with Gasteiger partial charge in [0.05, 0.1) is 17.1 Å². The van der Waals surface area contributed by atoms with E-state index in [1.54, 1.807) is 23.1 Å². The number of likely N-dealkylation sites (tertiary alicyclic amines) is 1. The molecular weight excluding hydrogens is 480 g/mol. The fourth-order valence-electron chi connectivity index (χ4n) is 4.89. The third-order valence-corrected chi connectivity index (χ3v) is 6.71. The Morgan fingerprint density at radius 1 is 1.08 bits per heavy atom. The van der Waals surface area contributed by atoms with Crippen LogP contribution in [0.1, 0.15) is 41.5 Å². The second kappa shape index (κ2) is 10.3. The van der Waals surface area contributed by atoms with Crippen molar-refractivity contribution in [1.82, 2.24) is 19.7 Å². The minimum absolute atomic E-state index is 0.0977. The van der Waals surface area contributed by atoms with Gasteiger partial charge in [-0.25, -0.2) is 4.98 Å². The van der Waals surface area contributed by atoms with Crippen molar-refractivity contribution in [2.24, 2.45) is 0 Å². The van der Waals surface area contributed by atoms with Gasteiger partial charge in [-0.3, -0.25) is 19.1 Å². The first-order valence-electron chi connectivity index (χ1n) is 12.4. The molecule has 190 valence electrons. The molecule has 9 heteroatoms. The van der Waals surface area contributed by atoms with E-state index in [1.807, 2.05) is 49.4 Å². The number of fused-ring (bicyclic) bond motifs is 1. The van der Waals surface area contributed by atoms with E-state index >= 15 is 0 Å². The van der Waals surface area contributed by atoms with Gasteiger partial charge in [-0.1, -0.05) is 24.3 Å². The van der Waals surface area contributed by atoms with Gasteiger partial charge in [0.15, 0.2) is 5.78 Å². The lowest BCUT2D eigenvalue weighted by molar-refractivity contribution is -0.137. The summed E-state index contributed by atoms with van der Waals surface area (Å²) in [5.41, 5.74) is 3.93. The summed E-state index contributed by atoms with van der Waals surface area (Å²) in [4.78, 5) is 44.7. The van der Waals surface area contributed by atoms with Crippen molar-refractivity contribution < 1.29 is 14.4 Å². The molecule has 5 rings (SSSR count). The highest BCUT2D eigenvalue weighted by Gasteiger charge is 2.34. The zero-order valence-corrected chi connectivity index (χ0v) is 21.1. The molecule has 0 radical (unpaired) electrons. The number of pyridine rings is 1. The third-order valence-electron chi connectivity index (χ3n) is 6.71. The van der Waals surface area contributed by atoms with Crippen LogP contribution in [0.25, 0.3) is 22.0 Å². The number of nitriles is 1. The molecule has 9 nitrogen and oxygen atoms in total. The minimum atomic E-state index is -0.599. The number of nitrogens with zero attached hydrogens (tertiary/aromatic N) is 5. The predicted octanol–water partition coefficient (Wildman–Crippen LogP) is 4.11. The molecule has 1 aliphatic heterocycles. The molecule has 0 spiro atoms. The maximum atomic E-state index is 13.4. The normalized spacial score (nSPS) is 14.9. The van der Waals surface area contributed by atoms with Crippen LogP contribution in [-0.4, -0.2) is 49.8 Å². The van der Waals surface area contributed by atoms with Crippen molar-refractivity contribution in [3.63, 3.8) is 0 Å². The number of Topliss-reactive ketones (excluding diaryl/α,β-unsaturated/α-hetero) is 1. The number of hydrogen-bond donors (Lipinski definition) is 1. The van der Waals surface area contributed by atoms with Crippen molar-refractivity contribution in [3.8, 4) is 17.2 Å². The number of benzene rings is 2. The van der Waals surface area contributed by atoms with Crippen LogP contribution in [0, 0.1) is 18.3 Å². The Bertz CT molecular complexity index is 1620. The van der Waals surface area contributed by atoms with Gasteiger partial charge in [0, 0.05) is 24.5 Å². The SMILES string of the molecule is CC(=O)c1nn(CC(=O)N2CCC[C@H]2C(=O)Nc2cccc(C)n2)c2ccc(-c3cccc(C#N)c3)cc12. The number of rotatable bonds is 6. The van der Waals surface area contributed by atoms with Crippen molar-refractivity contribution in [1.29, 1.82) is 5.26 Å². The molecule has 0 aliphatic carbocycles. The molecule has 2 aromatic heterocycles. The van der Waals surface area contributed by atoms with Gasteiger partial charge < -0.3 is 10.2 Å². The molecule has 1 N–H and O–H groups in total. The minimum Gasteiger partial charge on any atom is -0.329 e. The van der Waals surface area contributed by atoms with Crippen LogP contribution >= 0.6 is 0 Å². The molecule has 2 aromatic carbocycles. The standard InChI is InChI=1S/C29H26N6O3/c1-18-6-3-10-26(31-18)32-29(38)25-9-5-13-34(25)27(37)17-35-24-12-11-22(15-23(24)28(33-35)19(2)36)21-8-4-7-20(14-21)16-30/h3-4,6-8,10-12,14-15,25H,5,9,13,17H2,1-2H3,(H,31,32,38)/t25-/m0/s1. The number of carbonyl (C=O) groups is 3. The number of ketones is 1. The number of aromatic nitrogens is 3. The molecule has 3 heterocycles. The molecule has 38 heavy (non-hydrogen) atoms. The summed E-state index contributed by atoms with van der Waals surface area (Å²) in [7, 11) is 0. The molecule has 0 bridgehead atoms. The lowest BCUT2D eigenvalue weighted by atomic mass is 10.0. The Morgan fingerprint density at radius 2 is 1.87 bits per heavy atom. The van der Waals surface area contributed by atoms with Crippen molar-refractivity contribution in [2.75, 3.05) is 11.9 Å². The van der Waals surface area contributed by atoms with E-state index in [4.69, 9.17) is 0 Å². The van der Waals surface area contributed by atoms with Crippen LogP contribution in [0.5, 0.6) is 0 Å². The van der Waals surface area contributed by atoms with Crippen molar-refractivity contribution in [3.05, 3.63) is 77.6 Å². The molecule has 0 saturated carbocycles. The fraction of sp³-hybridized carbons (Fsp3) is 0.241. The van der Waals surface area contributed by atoms with Gasteiger partial charge in [-0.15, -0.1) is 0 Å². The zero-order chi connectivity index (χ0) is 26.8. The lowest BCUT2D eigenvalue weighted by Gasteiger charge is -2.24. The molecule has 1 fully saturated rings. The second-order valence-corrected chi connectivity index (χ2v) is 9.39. The largest absolute Gasteiger partial charge is 0.329 e.